The molecule has 0 amide bonds. The van der Waals surface area contributed by atoms with Gasteiger partial charge >= 0.3 is 0 Å². The number of hydrogen-bond acceptors (Lipinski definition) is 3. The number of thiocarbonyl (C=S) groups is 1. The van der Waals surface area contributed by atoms with Crippen LogP contribution in [0.25, 0.3) is 0 Å². The summed E-state index contributed by atoms with van der Waals surface area (Å²) >= 11 is 4.89. The molecule has 1 aromatic rings. The van der Waals surface area contributed by atoms with E-state index in [2.05, 4.69) is 16.7 Å². The normalized spacial score (nSPS) is 25.1. The molecule has 0 bridgehead atoms. The van der Waals surface area contributed by atoms with Crippen molar-refractivity contribution in [1.82, 2.24) is 10.6 Å². The topological polar surface area (TPSA) is 24.1 Å². The first-order valence-corrected chi connectivity index (χ1v) is 6.69. The maximum Gasteiger partial charge on any atom is 0.126 e. The second-order valence-corrected chi connectivity index (χ2v) is 5.11. The predicted octanol–water partition coefficient (Wildman–Crippen LogP) is 2.61. The van der Waals surface area contributed by atoms with Gasteiger partial charge in [-0.1, -0.05) is 24.4 Å². The van der Waals surface area contributed by atoms with E-state index in [-0.39, 0.29) is 12.0 Å². The van der Waals surface area contributed by atoms with E-state index >= 15 is 0 Å². The van der Waals surface area contributed by atoms with Crippen LogP contribution in [0.15, 0.2) is 30.1 Å². The SMILES string of the molecule is Fc1cccc2c1CCC2CC1=CNC(C=S)N1. The summed E-state index contributed by atoms with van der Waals surface area (Å²) in [5.74, 6) is 0.360. The second kappa shape index (κ2) is 4.69. The molecule has 1 heterocycles. The molecule has 0 spiro atoms. The van der Waals surface area contributed by atoms with Crippen molar-refractivity contribution in [3.05, 3.63) is 47.0 Å². The Morgan fingerprint density at radius 2 is 2.33 bits per heavy atom. The van der Waals surface area contributed by atoms with E-state index < -0.39 is 0 Å². The highest BCUT2D eigenvalue weighted by molar-refractivity contribution is 7.79. The zero-order chi connectivity index (χ0) is 12.5. The van der Waals surface area contributed by atoms with Crippen molar-refractivity contribution in [1.29, 1.82) is 0 Å². The zero-order valence-corrected chi connectivity index (χ0v) is 10.8. The quantitative estimate of drug-likeness (QED) is 0.819. The molecule has 2 nitrogen and oxygen atoms in total. The van der Waals surface area contributed by atoms with Crippen LogP contribution in [0.3, 0.4) is 0 Å². The number of hydrogen-bond donors (Lipinski definition) is 2. The van der Waals surface area contributed by atoms with Crippen LogP contribution in [0.4, 0.5) is 4.39 Å². The van der Waals surface area contributed by atoms with Crippen LogP contribution >= 0.6 is 12.2 Å². The van der Waals surface area contributed by atoms with Crippen molar-refractivity contribution in [3.63, 3.8) is 0 Å². The van der Waals surface area contributed by atoms with Crippen LogP contribution in [0.5, 0.6) is 0 Å². The molecule has 1 aromatic carbocycles. The molecule has 1 aliphatic carbocycles. The maximum absolute atomic E-state index is 13.6. The summed E-state index contributed by atoms with van der Waals surface area (Å²) in [4.78, 5) is 0. The third-order valence-corrected chi connectivity index (χ3v) is 3.99. The van der Waals surface area contributed by atoms with E-state index in [1.807, 2.05) is 6.20 Å². The van der Waals surface area contributed by atoms with Gasteiger partial charge in [-0.3, -0.25) is 0 Å². The lowest BCUT2D eigenvalue weighted by atomic mass is 9.96. The van der Waals surface area contributed by atoms with E-state index in [1.165, 1.54) is 5.56 Å². The third-order valence-electron chi connectivity index (χ3n) is 3.72. The van der Waals surface area contributed by atoms with E-state index in [1.54, 1.807) is 17.5 Å². The van der Waals surface area contributed by atoms with Crippen molar-refractivity contribution in [2.24, 2.45) is 0 Å². The van der Waals surface area contributed by atoms with Gasteiger partial charge in [0.05, 0.1) is 0 Å². The molecule has 1 aliphatic heterocycles. The van der Waals surface area contributed by atoms with E-state index in [0.29, 0.717) is 5.92 Å². The first-order valence-electron chi connectivity index (χ1n) is 6.22. The van der Waals surface area contributed by atoms with Gasteiger partial charge in [0.1, 0.15) is 12.0 Å². The number of halogens is 1. The minimum atomic E-state index is -0.0572. The average Bonchev–Trinajstić information content (AvgIpc) is 2.98. The van der Waals surface area contributed by atoms with Gasteiger partial charge in [0.2, 0.25) is 0 Å². The lowest BCUT2D eigenvalue weighted by Gasteiger charge is -2.14. The van der Waals surface area contributed by atoms with Crippen LogP contribution < -0.4 is 10.6 Å². The van der Waals surface area contributed by atoms with Crippen molar-refractivity contribution < 1.29 is 4.39 Å². The second-order valence-electron chi connectivity index (χ2n) is 4.84. The largest absolute Gasteiger partial charge is 0.366 e. The minimum absolute atomic E-state index is 0.0572. The summed E-state index contributed by atoms with van der Waals surface area (Å²) in [5.41, 5.74) is 3.23. The molecule has 0 fully saturated rings. The molecular weight excluding hydrogens is 247 g/mol. The Morgan fingerprint density at radius 1 is 1.44 bits per heavy atom. The Kier molecular flexibility index (Phi) is 3.04. The summed E-state index contributed by atoms with van der Waals surface area (Å²) in [7, 11) is 0. The van der Waals surface area contributed by atoms with Gasteiger partial charge in [0.25, 0.3) is 0 Å². The fraction of sp³-hybridized carbons (Fsp3) is 0.357. The predicted molar refractivity (Wildman–Crippen MR) is 73.9 cm³/mol. The van der Waals surface area contributed by atoms with Crippen molar-refractivity contribution >= 4 is 17.6 Å². The number of nitrogens with one attached hydrogen (secondary N) is 2. The van der Waals surface area contributed by atoms with Gasteiger partial charge in [0.15, 0.2) is 0 Å². The number of rotatable bonds is 3. The van der Waals surface area contributed by atoms with Crippen molar-refractivity contribution in [3.8, 4) is 0 Å². The lowest BCUT2D eigenvalue weighted by molar-refractivity contribution is 0.611. The molecule has 0 saturated carbocycles. The monoisotopic (exact) mass is 262 g/mol. The summed E-state index contributed by atoms with van der Waals surface area (Å²) in [6.45, 7) is 0. The average molecular weight is 262 g/mol. The van der Waals surface area contributed by atoms with Crippen LogP contribution in [-0.4, -0.2) is 11.5 Å². The Bertz CT molecular complexity index is 513. The Hall–Kier alpha value is -1.42. The van der Waals surface area contributed by atoms with Crippen LogP contribution in [-0.2, 0) is 6.42 Å². The Morgan fingerprint density at radius 3 is 3.11 bits per heavy atom. The molecule has 3 rings (SSSR count). The highest BCUT2D eigenvalue weighted by Gasteiger charge is 2.26. The molecule has 2 unspecified atom stereocenters. The van der Waals surface area contributed by atoms with Gasteiger partial charge in [-0.25, -0.2) is 4.39 Å². The number of allylic oxidation sites excluding steroid dienone is 1. The van der Waals surface area contributed by atoms with Gasteiger partial charge in [0, 0.05) is 17.3 Å². The summed E-state index contributed by atoms with van der Waals surface area (Å²) in [6, 6.07) is 5.41. The fourth-order valence-electron chi connectivity index (χ4n) is 2.84. The first-order chi connectivity index (χ1) is 8.78. The first kappa shape index (κ1) is 11.7. The molecule has 0 radical (unpaired) electrons. The molecule has 18 heavy (non-hydrogen) atoms. The molecule has 2 aliphatic rings. The standard InChI is InChI=1S/C14H15FN2S/c15-13-3-1-2-11-9(4-5-12(11)13)6-10-7-16-14(8-18)17-10/h1-3,7-9,14,16-17H,4-6H2. The zero-order valence-electron chi connectivity index (χ0n) is 9.95. The van der Waals surface area contributed by atoms with Crippen LogP contribution in [0, 0.1) is 5.82 Å². The summed E-state index contributed by atoms with van der Waals surface area (Å²) < 4.78 is 13.6. The molecule has 94 valence electrons. The molecule has 2 atom stereocenters. The molecule has 0 aromatic heterocycles. The lowest BCUT2D eigenvalue weighted by Crippen LogP contribution is -2.32. The van der Waals surface area contributed by atoms with Crippen LogP contribution in [0.2, 0.25) is 0 Å². The molecule has 0 saturated heterocycles. The van der Waals surface area contributed by atoms with Gasteiger partial charge < -0.3 is 10.6 Å². The number of fused-ring (bicyclic) bond motifs is 1. The maximum atomic E-state index is 13.6. The molecule has 4 heteroatoms. The van der Waals surface area contributed by atoms with Crippen molar-refractivity contribution in [2.45, 2.75) is 31.3 Å². The smallest absolute Gasteiger partial charge is 0.126 e. The van der Waals surface area contributed by atoms with Gasteiger partial charge in [-0.15, -0.1) is 0 Å². The minimum Gasteiger partial charge on any atom is -0.366 e. The van der Waals surface area contributed by atoms with E-state index in [9.17, 15) is 4.39 Å². The highest BCUT2D eigenvalue weighted by Crippen LogP contribution is 2.38. The highest BCUT2D eigenvalue weighted by atomic mass is 32.1. The number of benzene rings is 1. The van der Waals surface area contributed by atoms with E-state index in [0.717, 1.165) is 30.5 Å². The molecular formula is C14H15FN2S. The Balaban J connectivity index is 1.74. The van der Waals surface area contributed by atoms with Gasteiger partial charge in [-0.2, -0.15) is 0 Å². The van der Waals surface area contributed by atoms with Crippen LogP contribution in [0.1, 0.15) is 29.9 Å². The molecule has 2 N–H and O–H groups in total. The summed E-state index contributed by atoms with van der Waals surface area (Å²) in [5, 5.41) is 8.14. The van der Waals surface area contributed by atoms with E-state index in [4.69, 9.17) is 12.2 Å². The Labute approximate surface area is 111 Å². The summed E-state index contributed by atoms with van der Waals surface area (Å²) in [6.07, 6.45) is 4.83. The fourth-order valence-corrected chi connectivity index (χ4v) is 2.98. The van der Waals surface area contributed by atoms with Crippen molar-refractivity contribution in [2.75, 3.05) is 0 Å². The third kappa shape index (κ3) is 2.01. The van der Waals surface area contributed by atoms with Gasteiger partial charge in [-0.05, 0) is 42.4 Å².